The smallest absolute Gasteiger partial charge is 0.405 e. The van der Waals surface area contributed by atoms with Gasteiger partial charge >= 0.3 is 6.09 Å². The van der Waals surface area contributed by atoms with Crippen molar-refractivity contribution in [3.63, 3.8) is 0 Å². The van der Waals surface area contributed by atoms with Crippen LogP contribution in [-0.4, -0.2) is 45.9 Å². The highest BCUT2D eigenvalue weighted by Crippen LogP contribution is 2.19. The fourth-order valence-electron chi connectivity index (χ4n) is 2.44. The van der Waals surface area contributed by atoms with E-state index in [1.54, 1.807) is 0 Å². The highest BCUT2D eigenvalue weighted by molar-refractivity contribution is 5.94. The number of aromatic hydroxyl groups is 1. The van der Waals surface area contributed by atoms with Crippen LogP contribution in [0.5, 0.6) is 5.75 Å². The van der Waals surface area contributed by atoms with E-state index in [4.69, 9.17) is 9.84 Å². The zero-order valence-corrected chi connectivity index (χ0v) is 15.1. The normalized spacial score (nSPS) is 12.8. The molecular weight excluding hydrogens is 375 g/mol. The monoisotopic (exact) mass is 394 g/mol. The van der Waals surface area contributed by atoms with Crippen LogP contribution < -0.4 is 16.2 Å². The van der Waals surface area contributed by atoms with Gasteiger partial charge in [0.25, 0.3) is 11.5 Å². The minimum Gasteiger partial charge on any atom is -0.501 e. The fraction of sp³-hybridized carbons (Fsp3) is 0.294. The number of rotatable bonds is 7. The average molecular weight is 394 g/mol. The van der Waals surface area contributed by atoms with Crippen molar-refractivity contribution in [2.24, 2.45) is 0 Å². The third-order valence-corrected chi connectivity index (χ3v) is 3.81. The molecule has 0 radical (unpaired) electrons. The van der Waals surface area contributed by atoms with E-state index in [1.165, 1.54) is 38.3 Å². The van der Waals surface area contributed by atoms with Gasteiger partial charge in [-0.25, -0.2) is 14.2 Å². The first-order valence-electron chi connectivity index (χ1n) is 8.02. The number of nitrogens with one attached hydrogen (secondary N) is 3. The Kier molecular flexibility index (Phi) is 6.31. The molecule has 0 aliphatic rings. The van der Waals surface area contributed by atoms with Crippen molar-refractivity contribution in [2.45, 2.75) is 19.0 Å². The molecule has 2 aromatic rings. The van der Waals surface area contributed by atoms with Crippen LogP contribution in [0.1, 0.15) is 28.8 Å². The number of methoxy groups -OCH3 is 1. The molecule has 0 aliphatic heterocycles. The standard InChI is InChI=1S/C17H19FN4O6/c1-17(8-28-2,22-16(26)27)15-20-11(12(23)14(25)21-15)13(24)19-7-9-3-5-10(18)6-4-9/h3-6,22-23H,7-8H2,1-2H3,(H,19,24)(H,26,27)(H,20,21,25). The molecule has 2 rings (SSSR count). The van der Waals surface area contributed by atoms with Gasteiger partial charge in [-0.1, -0.05) is 12.1 Å². The fourth-order valence-corrected chi connectivity index (χ4v) is 2.44. The summed E-state index contributed by atoms with van der Waals surface area (Å²) in [6.45, 7) is 1.18. The summed E-state index contributed by atoms with van der Waals surface area (Å²) in [6.07, 6.45) is -1.41. The summed E-state index contributed by atoms with van der Waals surface area (Å²) in [6, 6.07) is 5.35. The van der Waals surface area contributed by atoms with E-state index < -0.39 is 40.4 Å². The van der Waals surface area contributed by atoms with Gasteiger partial charge < -0.3 is 30.6 Å². The Morgan fingerprint density at radius 1 is 1.32 bits per heavy atom. The van der Waals surface area contributed by atoms with Crippen LogP contribution in [0.4, 0.5) is 9.18 Å². The predicted molar refractivity (Wildman–Crippen MR) is 94.5 cm³/mol. The molecule has 28 heavy (non-hydrogen) atoms. The lowest BCUT2D eigenvalue weighted by Crippen LogP contribution is -2.48. The number of aromatic amines is 1. The summed E-state index contributed by atoms with van der Waals surface area (Å²) in [5.74, 6) is -2.44. The molecule has 10 nitrogen and oxygen atoms in total. The van der Waals surface area contributed by atoms with Crippen LogP contribution in [-0.2, 0) is 16.8 Å². The number of nitrogens with zero attached hydrogens (tertiary/aromatic N) is 1. The molecule has 11 heteroatoms. The second kappa shape index (κ2) is 8.48. The Bertz CT molecular complexity index is 930. The van der Waals surface area contributed by atoms with Crippen molar-refractivity contribution in [2.75, 3.05) is 13.7 Å². The topological polar surface area (TPSA) is 154 Å². The lowest BCUT2D eigenvalue weighted by Gasteiger charge is -2.27. The number of carbonyl (C=O) groups excluding carboxylic acids is 1. The van der Waals surface area contributed by atoms with Gasteiger partial charge in [-0.05, 0) is 24.6 Å². The summed E-state index contributed by atoms with van der Waals surface area (Å²) in [7, 11) is 1.32. The van der Waals surface area contributed by atoms with E-state index in [0.29, 0.717) is 5.56 Å². The van der Waals surface area contributed by atoms with Crippen LogP contribution >= 0.6 is 0 Å². The number of benzene rings is 1. The quantitative estimate of drug-likeness (QED) is 0.462. The van der Waals surface area contributed by atoms with Crippen molar-refractivity contribution in [3.05, 3.63) is 57.5 Å². The van der Waals surface area contributed by atoms with Crippen LogP contribution in [0.3, 0.4) is 0 Å². The average Bonchev–Trinajstić information content (AvgIpc) is 2.62. The van der Waals surface area contributed by atoms with Crippen LogP contribution in [0.2, 0.25) is 0 Å². The first kappa shape index (κ1) is 20.8. The molecule has 0 bridgehead atoms. The van der Waals surface area contributed by atoms with E-state index in [0.717, 1.165) is 0 Å². The molecule has 0 fully saturated rings. The van der Waals surface area contributed by atoms with E-state index in [9.17, 15) is 23.9 Å². The SMILES string of the molecule is COCC(C)(NC(=O)O)c1nc(C(=O)NCc2ccc(F)cc2)c(O)c(=O)[nH]1. The molecule has 5 N–H and O–H groups in total. The second-order valence-electron chi connectivity index (χ2n) is 6.12. The Morgan fingerprint density at radius 2 is 1.96 bits per heavy atom. The maximum absolute atomic E-state index is 12.9. The van der Waals surface area contributed by atoms with Crippen molar-refractivity contribution in [1.82, 2.24) is 20.6 Å². The number of carboxylic acid groups (broad SMARTS) is 1. The largest absolute Gasteiger partial charge is 0.501 e. The molecule has 0 spiro atoms. The van der Waals surface area contributed by atoms with Gasteiger partial charge in [-0.15, -0.1) is 0 Å². The number of halogens is 1. The second-order valence-corrected chi connectivity index (χ2v) is 6.12. The van der Waals surface area contributed by atoms with Crippen LogP contribution in [0, 0.1) is 5.82 Å². The van der Waals surface area contributed by atoms with Gasteiger partial charge in [0, 0.05) is 13.7 Å². The minimum absolute atomic E-state index is 0.00885. The highest BCUT2D eigenvalue weighted by Gasteiger charge is 2.33. The Morgan fingerprint density at radius 3 is 2.54 bits per heavy atom. The van der Waals surface area contributed by atoms with E-state index in [1.807, 2.05) is 0 Å². The summed E-state index contributed by atoms with van der Waals surface area (Å²) in [5, 5.41) is 23.6. The molecule has 1 unspecified atom stereocenters. The number of amides is 2. The molecule has 1 heterocycles. The number of aromatic nitrogens is 2. The van der Waals surface area contributed by atoms with E-state index in [2.05, 4.69) is 20.6 Å². The summed E-state index contributed by atoms with van der Waals surface area (Å²) < 4.78 is 17.9. The van der Waals surface area contributed by atoms with Crippen molar-refractivity contribution >= 4 is 12.0 Å². The lowest BCUT2D eigenvalue weighted by atomic mass is 10.0. The molecular formula is C17H19FN4O6. The van der Waals surface area contributed by atoms with E-state index in [-0.39, 0.29) is 19.0 Å². The number of carbonyl (C=O) groups is 2. The third kappa shape index (κ3) is 4.82. The van der Waals surface area contributed by atoms with Gasteiger partial charge in [0.15, 0.2) is 5.69 Å². The highest BCUT2D eigenvalue weighted by atomic mass is 19.1. The van der Waals surface area contributed by atoms with Gasteiger partial charge in [0.05, 0.1) is 6.61 Å². The van der Waals surface area contributed by atoms with Gasteiger partial charge in [-0.3, -0.25) is 9.59 Å². The van der Waals surface area contributed by atoms with Gasteiger partial charge in [0.1, 0.15) is 17.2 Å². The van der Waals surface area contributed by atoms with Crippen LogP contribution in [0.25, 0.3) is 0 Å². The first-order valence-corrected chi connectivity index (χ1v) is 8.02. The first-order chi connectivity index (χ1) is 13.2. The molecule has 0 saturated heterocycles. The molecule has 0 aliphatic carbocycles. The maximum Gasteiger partial charge on any atom is 0.405 e. The molecule has 0 saturated carbocycles. The predicted octanol–water partition coefficient (Wildman–Crippen LogP) is 0.674. The van der Waals surface area contributed by atoms with Crippen molar-refractivity contribution in [3.8, 4) is 5.75 Å². The van der Waals surface area contributed by atoms with Gasteiger partial charge in [-0.2, -0.15) is 0 Å². The molecule has 150 valence electrons. The lowest BCUT2D eigenvalue weighted by molar-refractivity contribution is 0.0936. The summed E-state index contributed by atoms with van der Waals surface area (Å²) >= 11 is 0. The summed E-state index contributed by atoms with van der Waals surface area (Å²) in [5.41, 5.74) is -2.52. The van der Waals surface area contributed by atoms with Crippen molar-refractivity contribution < 1.29 is 28.9 Å². The molecule has 1 aromatic heterocycles. The molecule has 2 amide bonds. The number of H-pyrrole nitrogens is 1. The minimum atomic E-state index is -1.49. The van der Waals surface area contributed by atoms with Crippen LogP contribution in [0.15, 0.2) is 29.1 Å². The van der Waals surface area contributed by atoms with Crippen molar-refractivity contribution in [1.29, 1.82) is 0 Å². The molecule has 1 aromatic carbocycles. The summed E-state index contributed by atoms with van der Waals surface area (Å²) in [4.78, 5) is 41.7. The number of hydrogen-bond acceptors (Lipinski definition) is 6. The Hall–Kier alpha value is -3.47. The Labute approximate surface area is 158 Å². The third-order valence-electron chi connectivity index (χ3n) is 3.81. The van der Waals surface area contributed by atoms with Gasteiger partial charge in [0.2, 0.25) is 5.75 Å². The number of ether oxygens (including phenoxy) is 1. The number of hydrogen-bond donors (Lipinski definition) is 5. The zero-order chi connectivity index (χ0) is 20.9. The zero-order valence-electron chi connectivity index (χ0n) is 15.1. The molecule has 1 atom stereocenters. The Balaban J connectivity index is 2.33. The van der Waals surface area contributed by atoms with E-state index >= 15 is 0 Å². The maximum atomic E-state index is 12.9.